The molecule has 186 valence electrons. The molecule has 0 spiro atoms. The van der Waals surface area contributed by atoms with Crippen LogP contribution in [0.2, 0.25) is 0 Å². The maximum Gasteiger partial charge on any atom is 0.246 e. The monoisotopic (exact) mass is 481 g/mol. The molecule has 4 rings (SSSR count). The lowest BCUT2D eigenvalue weighted by Gasteiger charge is -2.28. The van der Waals surface area contributed by atoms with Gasteiger partial charge >= 0.3 is 0 Å². The zero-order chi connectivity index (χ0) is 24.5. The van der Waals surface area contributed by atoms with E-state index >= 15 is 0 Å². The van der Waals surface area contributed by atoms with E-state index in [4.69, 9.17) is 9.15 Å². The third-order valence-corrected chi connectivity index (χ3v) is 5.72. The summed E-state index contributed by atoms with van der Waals surface area (Å²) in [4.78, 5) is 30.8. The fourth-order valence-corrected chi connectivity index (χ4v) is 3.81. The first-order valence-corrected chi connectivity index (χ1v) is 11.8. The number of ether oxygens (including phenoxy) is 1. The Morgan fingerprint density at radius 3 is 2.66 bits per heavy atom. The van der Waals surface area contributed by atoms with Gasteiger partial charge in [0.05, 0.1) is 19.8 Å². The smallest absolute Gasteiger partial charge is 0.246 e. The molecule has 11 nitrogen and oxygen atoms in total. The highest BCUT2D eigenvalue weighted by Crippen LogP contribution is 2.16. The first-order chi connectivity index (χ1) is 17.1. The fraction of sp³-hybridized carbons (Fsp3) is 0.458. The van der Waals surface area contributed by atoms with E-state index in [1.807, 2.05) is 43.3 Å². The summed E-state index contributed by atoms with van der Waals surface area (Å²) >= 11 is 0. The number of tetrazole rings is 1. The van der Waals surface area contributed by atoms with Crippen LogP contribution in [0.1, 0.15) is 17.7 Å². The molecule has 0 aliphatic carbocycles. The number of nitrogens with zero attached hydrogens (tertiary/aromatic N) is 6. The second-order valence-corrected chi connectivity index (χ2v) is 8.44. The molecular weight excluding hydrogens is 450 g/mol. The number of furan rings is 1. The number of carbonyl (C=O) groups excluding carboxylic acids is 2. The predicted octanol–water partition coefficient (Wildman–Crippen LogP) is 1.11. The molecule has 2 aromatic heterocycles. The van der Waals surface area contributed by atoms with Crippen molar-refractivity contribution >= 4 is 11.8 Å². The van der Waals surface area contributed by atoms with Crippen LogP contribution in [0.4, 0.5) is 0 Å². The highest BCUT2D eigenvalue weighted by Gasteiger charge is 2.20. The van der Waals surface area contributed by atoms with Gasteiger partial charge in [0.15, 0.2) is 5.76 Å². The summed E-state index contributed by atoms with van der Waals surface area (Å²) in [6, 6.07) is 13.2. The average molecular weight is 482 g/mol. The van der Waals surface area contributed by atoms with Crippen molar-refractivity contribution in [1.29, 1.82) is 0 Å². The molecule has 1 aliphatic rings. The van der Waals surface area contributed by atoms with Gasteiger partial charge in [-0.25, -0.2) is 0 Å². The molecular formula is C24H31N7O4. The summed E-state index contributed by atoms with van der Waals surface area (Å²) in [5.74, 6) is 1.07. The van der Waals surface area contributed by atoms with Crippen molar-refractivity contribution < 1.29 is 18.7 Å². The summed E-state index contributed by atoms with van der Waals surface area (Å²) in [5, 5.41) is 15.1. The van der Waals surface area contributed by atoms with Crippen LogP contribution in [0, 0.1) is 6.92 Å². The van der Waals surface area contributed by atoms with Crippen LogP contribution >= 0.6 is 0 Å². The van der Waals surface area contributed by atoms with Gasteiger partial charge in [0.25, 0.3) is 0 Å². The summed E-state index contributed by atoms with van der Waals surface area (Å²) in [7, 11) is 0. The van der Waals surface area contributed by atoms with Crippen LogP contribution in [0.15, 0.2) is 46.9 Å². The van der Waals surface area contributed by atoms with E-state index < -0.39 is 0 Å². The van der Waals surface area contributed by atoms with Crippen molar-refractivity contribution in [2.45, 2.75) is 26.4 Å². The Morgan fingerprint density at radius 1 is 1.11 bits per heavy atom. The van der Waals surface area contributed by atoms with Gasteiger partial charge in [-0.1, -0.05) is 30.3 Å². The molecule has 0 unspecified atom stereocenters. The van der Waals surface area contributed by atoms with Crippen LogP contribution in [-0.2, 0) is 27.4 Å². The molecule has 0 saturated carbocycles. The van der Waals surface area contributed by atoms with Crippen molar-refractivity contribution in [3.63, 3.8) is 0 Å². The second kappa shape index (κ2) is 12.2. The summed E-state index contributed by atoms with van der Waals surface area (Å²) in [6.07, 6.45) is 0.749. The molecule has 0 radical (unpaired) electrons. The minimum atomic E-state index is -0.249. The van der Waals surface area contributed by atoms with Gasteiger partial charge < -0.3 is 19.4 Å². The molecule has 3 heterocycles. The van der Waals surface area contributed by atoms with Gasteiger partial charge in [-0.05, 0) is 36.3 Å². The number of rotatable bonds is 11. The lowest BCUT2D eigenvalue weighted by Crippen LogP contribution is -2.44. The fourth-order valence-electron chi connectivity index (χ4n) is 3.81. The Bertz CT molecular complexity index is 1090. The molecule has 1 aromatic carbocycles. The first kappa shape index (κ1) is 24.6. The van der Waals surface area contributed by atoms with Crippen LogP contribution in [0.3, 0.4) is 0 Å². The zero-order valence-electron chi connectivity index (χ0n) is 19.9. The average Bonchev–Trinajstić information content (AvgIpc) is 3.52. The van der Waals surface area contributed by atoms with Gasteiger partial charge in [0.2, 0.25) is 17.6 Å². The summed E-state index contributed by atoms with van der Waals surface area (Å²) in [6.45, 7) is 6.58. The number of nitrogens with one attached hydrogen (secondary N) is 1. The van der Waals surface area contributed by atoms with E-state index in [-0.39, 0.29) is 24.9 Å². The minimum Gasteiger partial charge on any atom is -0.458 e. The van der Waals surface area contributed by atoms with Gasteiger partial charge in [-0.15, -0.1) is 10.2 Å². The lowest BCUT2D eigenvalue weighted by molar-refractivity contribution is -0.137. The van der Waals surface area contributed by atoms with Gasteiger partial charge in [-0.2, -0.15) is 4.80 Å². The third kappa shape index (κ3) is 7.46. The van der Waals surface area contributed by atoms with Crippen molar-refractivity contribution in [3.8, 4) is 11.6 Å². The number of carbonyl (C=O) groups is 2. The Labute approximate surface area is 204 Å². The first-order valence-electron chi connectivity index (χ1n) is 11.8. The molecule has 0 bridgehead atoms. The molecule has 11 heteroatoms. The summed E-state index contributed by atoms with van der Waals surface area (Å²) in [5.41, 5.74) is 0.999. The van der Waals surface area contributed by atoms with Crippen molar-refractivity contribution in [1.82, 2.24) is 35.3 Å². The summed E-state index contributed by atoms with van der Waals surface area (Å²) < 4.78 is 10.9. The van der Waals surface area contributed by atoms with E-state index in [1.165, 1.54) is 4.80 Å². The van der Waals surface area contributed by atoms with Crippen LogP contribution in [-0.4, -0.2) is 87.8 Å². The predicted molar refractivity (Wildman–Crippen MR) is 127 cm³/mol. The molecule has 1 fully saturated rings. The minimum absolute atomic E-state index is 0.0340. The Balaban J connectivity index is 1.34. The maximum absolute atomic E-state index is 13.1. The number of hydrogen-bond acceptors (Lipinski definition) is 8. The third-order valence-electron chi connectivity index (χ3n) is 5.72. The van der Waals surface area contributed by atoms with Gasteiger partial charge in [0.1, 0.15) is 12.3 Å². The highest BCUT2D eigenvalue weighted by atomic mass is 16.5. The molecule has 35 heavy (non-hydrogen) atoms. The van der Waals surface area contributed by atoms with Crippen molar-refractivity contribution in [2.75, 3.05) is 45.9 Å². The molecule has 3 aromatic rings. The quantitative estimate of drug-likeness (QED) is 0.433. The number of aryl methyl sites for hydroxylation is 1. The van der Waals surface area contributed by atoms with E-state index in [9.17, 15) is 9.59 Å². The van der Waals surface area contributed by atoms with E-state index in [0.29, 0.717) is 24.7 Å². The molecule has 2 amide bonds. The van der Waals surface area contributed by atoms with Crippen LogP contribution in [0.5, 0.6) is 0 Å². The highest BCUT2D eigenvalue weighted by molar-refractivity contribution is 5.84. The Morgan fingerprint density at radius 2 is 1.91 bits per heavy atom. The second-order valence-electron chi connectivity index (χ2n) is 8.44. The SMILES string of the molecule is Cc1ccc(-c2nnn(CC(=O)N(CCCN3CCOCC3)CC(=O)NCc3ccccc3)n2)o1. The lowest BCUT2D eigenvalue weighted by atomic mass is 10.2. The standard InChI is InChI=1S/C24H31N7O4/c1-19-8-9-21(35-19)24-26-28-31(27-24)18-23(33)30(11-5-10-29-12-14-34-15-13-29)17-22(32)25-16-20-6-3-2-4-7-20/h2-4,6-9H,5,10-18H2,1H3,(H,25,32). The largest absolute Gasteiger partial charge is 0.458 e. The Hall–Kier alpha value is -3.57. The molecule has 0 atom stereocenters. The van der Waals surface area contributed by atoms with Crippen LogP contribution < -0.4 is 5.32 Å². The molecule has 1 aliphatic heterocycles. The number of aromatic nitrogens is 4. The normalized spacial score (nSPS) is 14.1. The maximum atomic E-state index is 13.1. The number of morpholine rings is 1. The molecule has 1 N–H and O–H groups in total. The molecule has 1 saturated heterocycles. The van der Waals surface area contributed by atoms with Crippen molar-refractivity contribution in [3.05, 3.63) is 53.8 Å². The van der Waals surface area contributed by atoms with Gasteiger partial charge in [0, 0.05) is 32.7 Å². The van der Waals surface area contributed by atoms with E-state index in [2.05, 4.69) is 25.6 Å². The van der Waals surface area contributed by atoms with Gasteiger partial charge in [-0.3, -0.25) is 14.5 Å². The Kier molecular flexibility index (Phi) is 8.58. The number of benzene rings is 1. The van der Waals surface area contributed by atoms with Crippen molar-refractivity contribution in [2.24, 2.45) is 0 Å². The number of hydrogen-bond donors (Lipinski definition) is 1. The topological polar surface area (TPSA) is 119 Å². The van der Waals surface area contributed by atoms with E-state index in [0.717, 1.165) is 50.6 Å². The van der Waals surface area contributed by atoms with E-state index in [1.54, 1.807) is 11.0 Å². The zero-order valence-corrected chi connectivity index (χ0v) is 19.9. The number of amides is 2. The van der Waals surface area contributed by atoms with Crippen LogP contribution in [0.25, 0.3) is 11.6 Å².